The van der Waals surface area contributed by atoms with E-state index in [0.717, 1.165) is 42.6 Å². The van der Waals surface area contributed by atoms with Crippen molar-refractivity contribution in [2.45, 2.75) is 51.4 Å². The molecule has 0 aromatic heterocycles. The molecule has 0 radical (unpaired) electrons. The number of ether oxygens (including phenoxy) is 3. The zero-order valence-corrected chi connectivity index (χ0v) is 20.5. The number of carbonyl (C=O) groups excluding carboxylic acids is 2. The minimum absolute atomic E-state index is 0.0542. The summed E-state index contributed by atoms with van der Waals surface area (Å²) in [5.74, 6) is 2.97. The molecule has 180 valence electrons. The Labute approximate surface area is 205 Å². The maximum absolute atomic E-state index is 13.4. The smallest absolute Gasteiger partial charge is 0.181 e. The van der Waals surface area contributed by atoms with Gasteiger partial charge in [0.1, 0.15) is 6.61 Å². The number of hydrogen-bond donors (Lipinski definition) is 0. The average molecular weight is 484 g/mol. The molecule has 7 heteroatoms. The van der Waals surface area contributed by atoms with Gasteiger partial charge in [0.2, 0.25) is 0 Å². The predicted molar refractivity (Wildman–Crippen MR) is 130 cm³/mol. The summed E-state index contributed by atoms with van der Waals surface area (Å²) >= 11 is 6.64. The molecule has 1 heterocycles. The monoisotopic (exact) mass is 483 g/mol. The lowest BCUT2D eigenvalue weighted by Crippen LogP contribution is -2.40. The SMILES string of the molecule is C#CCOc1c(Cl)cc(C2C3=C(CCCC3=O)N(CCOC)C3=C2C(=O)CCC3)cc1OCC. The van der Waals surface area contributed by atoms with E-state index in [-0.39, 0.29) is 18.2 Å². The molecule has 0 saturated carbocycles. The molecule has 0 amide bonds. The number of terminal acetylenes is 1. The van der Waals surface area contributed by atoms with Crippen LogP contribution in [-0.2, 0) is 14.3 Å². The molecular weight excluding hydrogens is 454 g/mol. The molecule has 1 aromatic rings. The van der Waals surface area contributed by atoms with Gasteiger partial charge in [-0.15, -0.1) is 6.42 Å². The Morgan fingerprint density at radius 1 is 1.06 bits per heavy atom. The highest BCUT2D eigenvalue weighted by Gasteiger charge is 2.43. The Balaban J connectivity index is 1.91. The summed E-state index contributed by atoms with van der Waals surface area (Å²) in [7, 11) is 1.66. The van der Waals surface area contributed by atoms with Crippen LogP contribution in [0.5, 0.6) is 11.5 Å². The molecule has 0 N–H and O–H groups in total. The van der Waals surface area contributed by atoms with E-state index in [1.807, 2.05) is 13.0 Å². The van der Waals surface area contributed by atoms with E-state index in [1.165, 1.54) is 0 Å². The Morgan fingerprint density at radius 3 is 2.26 bits per heavy atom. The molecule has 0 saturated heterocycles. The fraction of sp³-hybridized carbons (Fsp3) is 0.481. The third kappa shape index (κ3) is 4.47. The van der Waals surface area contributed by atoms with E-state index < -0.39 is 5.92 Å². The zero-order chi connectivity index (χ0) is 24.2. The highest BCUT2D eigenvalue weighted by atomic mass is 35.5. The van der Waals surface area contributed by atoms with E-state index in [4.69, 9.17) is 32.2 Å². The second-order valence-corrected chi connectivity index (χ2v) is 9.01. The first kappa shape index (κ1) is 24.4. The summed E-state index contributed by atoms with van der Waals surface area (Å²) in [6.07, 6.45) is 9.49. The lowest BCUT2D eigenvalue weighted by molar-refractivity contribution is -0.117. The Hall–Kier alpha value is -2.75. The van der Waals surface area contributed by atoms with Gasteiger partial charge in [0.25, 0.3) is 0 Å². The highest BCUT2D eigenvalue weighted by molar-refractivity contribution is 6.32. The Morgan fingerprint density at radius 2 is 1.71 bits per heavy atom. The van der Waals surface area contributed by atoms with Crippen LogP contribution < -0.4 is 9.47 Å². The Bertz CT molecular complexity index is 1050. The van der Waals surface area contributed by atoms with Crippen molar-refractivity contribution in [3.05, 3.63) is 45.3 Å². The third-order valence-electron chi connectivity index (χ3n) is 6.57. The quantitative estimate of drug-likeness (QED) is 0.494. The molecule has 0 bridgehead atoms. The molecule has 3 aliphatic rings. The zero-order valence-electron chi connectivity index (χ0n) is 19.7. The summed E-state index contributed by atoms with van der Waals surface area (Å²) in [5, 5.41) is 0.342. The summed E-state index contributed by atoms with van der Waals surface area (Å²) in [4.78, 5) is 28.9. The van der Waals surface area contributed by atoms with Gasteiger partial charge < -0.3 is 19.1 Å². The number of benzene rings is 1. The largest absolute Gasteiger partial charge is 0.490 e. The number of methoxy groups -OCH3 is 1. The number of ketones is 2. The van der Waals surface area contributed by atoms with Gasteiger partial charge in [0, 0.05) is 55.0 Å². The van der Waals surface area contributed by atoms with Crippen molar-refractivity contribution in [1.82, 2.24) is 4.90 Å². The van der Waals surface area contributed by atoms with Crippen LogP contribution in [0, 0.1) is 12.3 Å². The second-order valence-electron chi connectivity index (χ2n) is 8.61. The van der Waals surface area contributed by atoms with Gasteiger partial charge in [0.05, 0.1) is 18.2 Å². The predicted octanol–water partition coefficient (Wildman–Crippen LogP) is 4.81. The maximum Gasteiger partial charge on any atom is 0.181 e. The van der Waals surface area contributed by atoms with E-state index in [9.17, 15) is 9.59 Å². The maximum atomic E-state index is 13.4. The van der Waals surface area contributed by atoms with Crippen molar-refractivity contribution < 1.29 is 23.8 Å². The summed E-state index contributed by atoms with van der Waals surface area (Å²) < 4.78 is 16.8. The van der Waals surface area contributed by atoms with Crippen LogP contribution in [0.4, 0.5) is 0 Å². The van der Waals surface area contributed by atoms with E-state index >= 15 is 0 Å². The normalized spacial score (nSPS) is 18.6. The number of halogens is 1. The van der Waals surface area contributed by atoms with Crippen LogP contribution in [0.25, 0.3) is 0 Å². The standard InChI is InChI=1S/C27H30ClNO5/c1-4-13-34-27-18(28)15-17(16-23(27)33-5-2)24-25-19(8-6-10-21(25)30)29(12-14-32-3)20-9-7-11-22(31)26(20)24/h1,15-16,24H,5-14H2,2-3H3. The summed E-state index contributed by atoms with van der Waals surface area (Å²) in [5.41, 5.74) is 4.18. The first-order chi connectivity index (χ1) is 16.5. The third-order valence-corrected chi connectivity index (χ3v) is 6.85. The van der Waals surface area contributed by atoms with Crippen molar-refractivity contribution in [3.63, 3.8) is 0 Å². The van der Waals surface area contributed by atoms with Crippen LogP contribution in [0.3, 0.4) is 0 Å². The molecule has 6 nitrogen and oxygen atoms in total. The molecule has 0 spiro atoms. The van der Waals surface area contributed by atoms with Crippen LogP contribution in [0.15, 0.2) is 34.7 Å². The Kier molecular flexibility index (Phi) is 7.65. The van der Waals surface area contributed by atoms with Crippen molar-refractivity contribution in [1.29, 1.82) is 0 Å². The average Bonchev–Trinajstić information content (AvgIpc) is 2.82. The molecule has 0 fully saturated rings. The summed E-state index contributed by atoms with van der Waals surface area (Å²) in [6.45, 7) is 3.46. The van der Waals surface area contributed by atoms with E-state index in [0.29, 0.717) is 60.3 Å². The highest BCUT2D eigenvalue weighted by Crippen LogP contribution is 2.51. The van der Waals surface area contributed by atoms with E-state index in [1.54, 1.807) is 13.2 Å². The van der Waals surface area contributed by atoms with Crippen LogP contribution >= 0.6 is 11.6 Å². The lowest BCUT2D eigenvalue weighted by atomic mass is 9.71. The van der Waals surface area contributed by atoms with Gasteiger partial charge >= 0.3 is 0 Å². The molecule has 1 aromatic carbocycles. The first-order valence-electron chi connectivity index (χ1n) is 11.8. The van der Waals surface area contributed by atoms with Crippen molar-refractivity contribution in [2.24, 2.45) is 0 Å². The van der Waals surface area contributed by atoms with Gasteiger partial charge in [-0.3, -0.25) is 9.59 Å². The van der Waals surface area contributed by atoms with Crippen molar-refractivity contribution >= 4 is 23.2 Å². The first-order valence-corrected chi connectivity index (χ1v) is 12.2. The van der Waals surface area contributed by atoms with Gasteiger partial charge in [-0.25, -0.2) is 0 Å². The molecule has 0 unspecified atom stereocenters. The van der Waals surface area contributed by atoms with Gasteiger partial charge in [-0.1, -0.05) is 17.5 Å². The molecule has 0 atom stereocenters. The minimum atomic E-state index is -0.470. The van der Waals surface area contributed by atoms with Crippen LogP contribution in [0.1, 0.15) is 56.9 Å². The van der Waals surface area contributed by atoms with Crippen molar-refractivity contribution in [3.8, 4) is 23.8 Å². The fourth-order valence-electron chi connectivity index (χ4n) is 5.27. The fourth-order valence-corrected chi connectivity index (χ4v) is 5.55. The molecule has 34 heavy (non-hydrogen) atoms. The number of nitrogens with zero attached hydrogens (tertiary/aromatic N) is 1. The molecular formula is C27H30ClNO5. The summed E-state index contributed by atoms with van der Waals surface area (Å²) in [6, 6.07) is 3.63. The number of rotatable bonds is 8. The number of carbonyl (C=O) groups is 2. The second kappa shape index (κ2) is 10.7. The number of hydrogen-bond acceptors (Lipinski definition) is 6. The number of allylic oxidation sites excluding steroid dienone is 4. The van der Waals surface area contributed by atoms with Crippen molar-refractivity contribution in [2.75, 3.05) is 33.5 Å². The van der Waals surface area contributed by atoms with E-state index in [2.05, 4.69) is 10.8 Å². The van der Waals surface area contributed by atoms with Gasteiger partial charge in [-0.05, 0) is 50.3 Å². The van der Waals surface area contributed by atoms with Gasteiger partial charge in [0.15, 0.2) is 23.1 Å². The molecule has 2 aliphatic carbocycles. The van der Waals surface area contributed by atoms with Gasteiger partial charge in [-0.2, -0.15) is 0 Å². The number of Topliss-reactive ketones (excluding diaryl/α,β-unsaturated/α-hetero) is 2. The topological polar surface area (TPSA) is 65.1 Å². The molecule has 1 aliphatic heterocycles. The lowest BCUT2D eigenvalue weighted by Gasteiger charge is -2.44. The minimum Gasteiger partial charge on any atom is -0.490 e. The molecule has 4 rings (SSSR count). The van der Waals surface area contributed by atoms with Crippen LogP contribution in [-0.4, -0.2) is 49.9 Å². The van der Waals surface area contributed by atoms with Crippen LogP contribution in [0.2, 0.25) is 5.02 Å².